The van der Waals surface area contributed by atoms with Crippen molar-refractivity contribution < 1.29 is 9.47 Å². The van der Waals surface area contributed by atoms with Crippen molar-refractivity contribution in [3.63, 3.8) is 0 Å². The van der Waals surface area contributed by atoms with Crippen LogP contribution in [0.25, 0.3) is 11.6 Å². The number of benzene rings is 3. The van der Waals surface area contributed by atoms with Crippen LogP contribution < -0.4 is 9.47 Å². The lowest BCUT2D eigenvalue weighted by Gasteiger charge is -2.13. The zero-order valence-electron chi connectivity index (χ0n) is 16.4. The Morgan fingerprint density at radius 1 is 0.967 bits per heavy atom. The van der Waals surface area contributed by atoms with Crippen LogP contribution in [0.15, 0.2) is 71.2 Å². The van der Waals surface area contributed by atoms with Gasteiger partial charge in [-0.3, -0.25) is 0 Å². The Balaban J connectivity index is 1.86. The average molecular weight is 459 g/mol. The molecule has 0 spiro atoms. The van der Waals surface area contributed by atoms with Gasteiger partial charge in [0.15, 0.2) is 11.5 Å². The Morgan fingerprint density at radius 3 is 2.47 bits per heavy atom. The maximum atomic E-state index is 9.60. The molecule has 4 nitrogen and oxygen atoms in total. The Labute approximate surface area is 184 Å². The second-order valence-electron chi connectivity index (χ2n) is 6.42. The quantitative estimate of drug-likeness (QED) is 0.305. The third-order valence-corrected chi connectivity index (χ3v) is 4.84. The van der Waals surface area contributed by atoms with Crippen LogP contribution in [0, 0.1) is 22.7 Å². The second-order valence-corrected chi connectivity index (χ2v) is 7.33. The number of allylic oxidation sites excluding steroid dienone is 1. The van der Waals surface area contributed by atoms with Gasteiger partial charge in [-0.25, -0.2) is 0 Å². The summed E-state index contributed by atoms with van der Waals surface area (Å²) in [7, 11) is 0. The molecule has 0 amide bonds. The fraction of sp³-hybridized carbons (Fsp3) is 0.120. The van der Waals surface area contributed by atoms with E-state index in [1.54, 1.807) is 24.3 Å². The molecule has 0 saturated heterocycles. The molecule has 3 aromatic carbocycles. The Hall–Kier alpha value is -3.54. The van der Waals surface area contributed by atoms with Crippen LogP contribution >= 0.6 is 15.9 Å². The molecule has 30 heavy (non-hydrogen) atoms. The Morgan fingerprint density at radius 2 is 1.77 bits per heavy atom. The third-order valence-electron chi connectivity index (χ3n) is 4.31. The summed E-state index contributed by atoms with van der Waals surface area (Å²) < 4.78 is 12.7. The van der Waals surface area contributed by atoms with Crippen LogP contribution in [0.4, 0.5) is 0 Å². The highest BCUT2D eigenvalue weighted by atomic mass is 79.9. The van der Waals surface area contributed by atoms with Crippen LogP contribution in [0.5, 0.6) is 11.5 Å². The minimum Gasteiger partial charge on any atom is -0.490 e. The molecule has 0 aliphatic heterocycles. The largest absolute Gasteiger partial charge is 0.490 e. The van der Waals surface area contributed by atoms with E-state index < -0.39 is 0 Å². The van der Waals surface area contributed by atoms with E-state index in [0.717, 1.165) is 15.6 Å². The minimum absolute atomic E-state index is 0.424. The fourth-order valence-corrected chi connectivity index (χ4v) is 3.11. The van der Waals surface area contributed by atoms with Gasteiger partial charge in [0.25, 0.3) is 0 Å². The first-order valence-corrected chi connectivity index (χ1v) is 10.2. The van der Waals surface area contributed by atoms with Crippen molar-refractivity contribution in [2.45, 2.75) is 13.5 Å². The monoisotopic (exact) mass is 458 g/mol. The molecule has 0 saturated carbocycles. The molecule has 0 atom stereocenters. The van der Waals surface area contributed by atoms with Crippen LogP contribution in [0.1, 0.15) is 29.2 Å². The highest BCUT2D eigenvalue weighted by Crippen LogP contribution is 2.31. The van der Waals surface area contributed by atoms with Crippen molar-refractivity contribution in [3.8, 4) is 23.6 Å². The van der Waals surface area contributed by atoms with E-state index in [1.807, 2.05) is 55.5 Å². The zero-order chi connectivity index (χ0) is 21.3. The molecule has 5 heteroatoms. The van der Waals surface area contributed by atoms with Crippen molar-refractivity contribution in [1.82, 2.24) is 0 Å². The summed E-state index contributed by atoms with van der Waals surface area (Å²) in [5.74, 6) is 1.26. The van der Waals surface area contributed by atoms with Crippen LogP contribution in [0.2, 0.25) is 0 Å². The van der Waals surface area contributed by atoms with Gasteiger partial charge in [0.2, 0.25) is 0 Å². The summed E-state index contributed by atoms with van der Waals surface area (Å²) in [5.41, 5.74) is 3.55. The summed E-state index contributed by atoms with van der Waals surface area (Å²) in [6, 6.07) is 24.8. The summed E-state index contributed by atoms with van der Waals surface area (Å²) in [6.07, 6.45) is 1.78. The van der Waals surface area contributed by atoms with E-state index in [-0.39, 0.29) is 0 Å². The van der Waals surface area contributed by atoms with Gasteiger partial charge >= 0.3 is 0 Å². The van der Waals surface area contributed by atoms with E-state index >= 15 is 0 Å². The molecule has 3 aromatic rings. The molecular weight excluding hydrogens is 440 g/mol. The standard InChI is InChI=1S/C25H19BrN2O2/c1-2-29-25-14-19(12-22(16-28)21-5-3-4-20(13-21)15-27)8-11-24(25)30-17-18-6-9-23(26)10-7-18/h3-14H,2,17H2,1H3. The zero-order valence-corrected chi connectivity index (χ0v) is 18.0. The number of ether oxygens (including phenoxy) is 2. The van der Waals surface area contributed by atoms with Crippen LogP contribution in [-0.2, 0) is 6.61 Å². The first kappa shape index (κ1) is 21.2. The molecule has 3 rings (SSSR count). The normalized spacial score (nSPS) is 10.7. The van der Waals surface area contributed by atoms with Gasteiger partial charge in [-0.05, 0) is 66.1 Å². The Bertz CT molecular complexity index is 1140. The topological polar surface area (TPSA) is 66.0 Å². The lowest BCUT2D eigenvalue weighted by Crippen LogP contribution is -2.00. The maximum Gasteiger partial charge on any atom is 0.161 e. The smallest absolute Gasteiger partial charge is 0.161 e. The lowest BCUT2D eigenvalue weighted by molar-refractivity contribution is 0.269. The van der Waals surface area contributed by atoms with Crippen molar-refractivity contribution in [3.05, 3.63) is 93.5 Å². The Kier molecular flexibility index (Phi) is 7.27. The van der Waals surface area contributed by atoms with E-state index in [0.29, 0.717) is 41.4 Å². The number of halogens is 1. The van der Waals surface area contributed by atoms with Crippen molar-refractivity contribution in [2.75, 3.05) is 6.61 Å². The van der Waals surface area contributed by atoms with Crippen molar-refractivity contribution in [1.29, 1.82) is 10.5 Å². The average Bonchev–Trinajstić information content (AvgIpc) is 2.78. The molecule has 0 heterocycles. The van der Waals surface area contributed by atoms with Gasteiger partial charge in [0.05, 0.1) is 29.9 Å². The van der Waals surface area contributed by atoms with E-state index in [1.165, 1.54) is 0 Å². The van der Waals surface area contributed by atoms with Gasteiger partial charge in [-0.15, -0.1) is 0 Å². The van der Waals surface area contributed by atoms with Crippen molar-refractivity contribution in [2.24, 2.45) is 0 Å². The van der Waals surface area contributed by atoms with Gasteiger partial charge in [0.1, 0.15) is 6.61 Å². The number of nitriles is 2. The highest BCUT2D eigenvalue weighted by molar-refractivity contribution is 9.10. The predicted molar refractivity (Wildman–Crippen MR) is 121 cm³/mol. The summed E-state index contributed by atoms with van der Waals surface area (Å²) >= 11 is 3.43. The van der Waals surface area contributed by atoms with Crippen LogP contribution in [0.3, 0.4) is 0 Å². The number of hydrogen-bond donors (Lipinski definition) is 0. The van der Waals surface area contributed by atoms with Gasteiger partial charge in [-0.2, -0.15) is 10.5 Å². The summed E-state index contributed by atoms with van der Waals surface area (Å²) in [6.45, 7) is 2.83. The molecule has 0 aliphatic rings. The SMILES string of the molecule is CCOc1cc(C=C(C#N)c2cccc(C#N)c2)ccc1OCc1ccc(Br)cc1. The summed E-state index contributed by atoms with van der Waals surface area (Å²) in [4.78, 5) is 0. The molecule has 0 bridgehead atoms. The molecule has 0 fully saturated rings. The third kappa shape index (κ3) is 5.50. The molecule has 0 N–H and O–H groups in total. The highest BCUT2D eigenvalue weighted by Gasteiger charge is 2.08. The lowest BCUT2D eigenvalue weighted by atomic mass is 10.0. The minimum atomic E-state index is 0.424. The van der Waals surface area contributed by atoms with Gasteiger partial charge < -0.3 is 9.47 Å². The van der Waals surface area contributed by atoms with Gasteiger partial charge in [-0.1, -0.05) is 46.3 Å². The number of nitrogens with zero attached hydrogens (tertiary/aromatic N) is 2. The summed E-state index contributed by atoms with van der Waals surface area (Å²) in [5, 5.41) is 18.7. The van der Waals surface area contributed by atoms with E-state index in [9.17, 15) is 5.26 Å². The van der Waals surface area contributed by atoms with E-state index in [4.69, 9.17) is 14.7 Å². The molecule has 148 valence electrons. The first-order valence-electron chi connectivity index (χ1n) is 9.39. The molecular formula is C25H19BrN2O2. The number of rotatable bonds is 7. The molecule has 0 aliphatic carbocycles. The molecule has 0 radical (unpaired) electrons. The van der Waals surface area contributed by atoms with E-state index in [2.05, 4.69) is 28.1 Å². The molecule has 0 aromatic heterocycles. The second kappa shape index (κ2) is 10.3. The predicted octanol–water partition coefficient (Wildman–Crippen LogP) is 6.36. The molecule has 0 unspecified atom stereocenters. The maximum absolute atomic E-state index is 9.60. The fourth-order valence-electron chi connectivity index (χ4n) is 2.85. The number of hydrogen-bond acceptors (Lipinski definition) is 4. The first-order chi connectivity index (χ1) is 14.6. The van der Waals surface area contributed by atoms with Gasteiger partial charge in [0, 0.05) is 4.47 Å². The van der Waals surface area contributed by atoms with Crippen molar-refractivity contribution >= 4 is 27.6 Å². The van der Waals surface area contributed by atoms with Crippen LogP contribution in [-0.4, -0.2) is 6.61 Å².